The average molecular weight is 632 g/mol. The molecule has 5 N–H and O–H groups in total. The summed E-state index contributed by atoms with van der Waals surface area (Å²) in [5, 5.41) is 13.8. The summed E-state index contributed by atoms with van der Waals surface area (Å²) in [7, 11) is -5.95. The van der Waals surface area contributed by atoms with E-state index < -0.39 is 31.8 Å². The van der Waals surface area contributed by atoms with E-state index in [1.54, 1.807) is 42.6 Å². The van der Waals surface area contributed by atoms with Gasteiger partial charge in [0.15, 0.2) is 0 Å². The van der Waals surface area contributed by atoms with Crippen molar-refractivity contribution in [3.63, 3.8) is 0 Å². The molecule has 0 bridgehead atoms. The minimum atomic E-state index is -3.69. The summed E-state index contributed by atoms with van der Waals surface area (Å²) in [6.45, 7) is 1.40. The summed E-state index contributed by atoms with van der Waals surface area (Å²) >= 11 is 0. The molecule has 43 heavy (non-hydrogen) atoms. The third kappa shape index (κ3) is 7.34. The van der Waals surface area contributed by atoms with Gasteiger partial charge < -0.3 is 25.6 Å². The smallest absolute Gasteiger partial charge is 0.243 e. The minimum absolute atomic E-state index is 0.00658. The summed E-state index contributed by atoms with van der Waals surface area (Å²) in [6, 6.07) is 16.4. The van der Waals surface area contributed by atoms with E-state index in [9.17, 15) is 21.9 Å². The molecule has 5 rings (SSSR count). The standard InChI is InChI=1S/C29H37N5O7S2/c1-31-42(36,37)26-6-3-5-25(15-26)40-20-24(35)18-32-23-16-29(41-19-23)10-12-34(13-11-29)43(38,39)27-7-2-4-21(14-27)22-8-9-28(30)33-17-22/h2-9,14-15,17,23-24,31-32,35H,10-13,16,18-20H2,1H3,(H2,30,33)/t23-,24+/m1/s1. The van der Waals surface area contributed by atoms with Crippen LogP contribution < -0.4 is 20.5 Å². The molecule has 2 fully saturated rings. The Balaban J connectivity index is 1.10. The number of hydrogen-bond donors (Lipinski definition) is 4. The van der Waals surface area contributed by atoms with Crippen LogP contribution in [-0.4, -0.2) is 88.9 Å². The number of aliphatic hydroxyl groups is 1. The molecule has 12 nitrogen and oxygen atoms in total. The highest BCUT2D eigenvalue weighted by atomic mass is 32.2. The lowest BCUT2D eigenvalue weighted by atomic mass is 9.88. The van der Waals surface area contributed by atoms with Crippen molar-refractivity contribution >= 4 is 25.9 Å². The van der Waals surface area contributed by atoms with Crippen LogP contribution in [0.3, 0.4) is 0 Å². The van der Waals surface area contributed by atoms with Crippen molar-refractivity contribution in [2.75, 3.05) is 45.6 Å². The van der Waals surface area contributed by atoms with Crippen molar-refractivity contribution in [2.45, 2.75) is 46.8 Å². The number of piperidine rings is 1. The van der Waals surface area contributed by atoms with Gasteiger partial charge in [-0.25, -0.2) is 26.5 Å². The first-order valence-electron chi connectivity index (χ1n) is 14.0. The second kappa shape index (κ2) is 12.9. The first-order valence-corrected chi connectivity index (χ1v) is 17.0. The van der Waals surface area contributed by atoms with E-state index >= 15 is 0 Å². The number of nitrogens with two attached hydrogens (primary N) is 1. The second-order valence-electron chi connectivity index (χ2n) is 10.9. The van der Waals surface area contributed by atoms with Gasteiger partial charge in [-0.3, -0.25) is 0 Å². The largest absolute Gasteiger partial charge is 0.491 e. The van der Waals surface area contributed by atoms with Crippen molar-refractivity contribution in [2.24, 2.45) is 0 Å². The molecule has 2 atom stereocenters. The van der Waals surface area contributed by atoms with E-state index in [0.29, 0.717) is 50.5 Å². The molecular formula is C29H37N5O7S2. The maximum atomic E-state index is 13.5. The predicted octanol–water partition coefficient (Wildman–Crippen LogP) is 1.58. The first kappa shape index (κ1) is 31.3. The van der Waals surface area contributed by atoms with Gasteiger partial charge in [-0.1, -0.05) is 18.2 Å². The van der Waals surface area contributed by atoms with Crippen LogP contribution in [0.4, 0.5) is 5.82 Å². The SMILES string of the molecule is CNS(=O)(=O)c1cccc(OC[C@@H](O)CN[C@H]2COC3(CCN(S(=O)(=O)c4cccc(-c5ccc(N)nc5)c4)CC3)C2)c1. The third-order valence-electron chi connectivity index (χ3n) is 7.90. The average Bonchev–Trinajstić information content (AvgIpc) is 3.41. The Labute approximate surface area is 252 Å². The normalized spacial score (nSPS) is 19.8. The lowest BCUT2D eigenvalue weighted by Crippen LogP contribution is -2.47. The van der Waals surface area contributed by atoms with Crippen LogP contribution in [0.1, 0.15) is 19.3 Å². The highest BCUT2D eigenvalue weighted by Crippen LogP contribution is 2.37. The molecule has 0 radical (unpaired) electrons. The molecule has 14 heteroatoms. The molecule has 0 aliphatic carbocycles. The van der Waals surface area contributed by atoms with Crippen LogP contribution in [-0.2, 0) is 24.8 Å². The number of pyridine rings is 1. The third-order valence-corrected chi connectivity index (χ3v) is 11.2. The molecule has 0 saturated carbocycles. The Hall–Kier alpha value is -3.11. The second-order valence-corrected chi connectivity index (χ2v) is 14.7. The molecule has 2 aliphatic heterocycles. The molecule has 232 valence electrons. The van der Waals surface area contributed by atoms with Gasteiger partial charge >= 0.3 is 0 Å². The lowest BCUT2D eigenvalue weighted by Gasteiger charge is -2.38. The molecule has 0 unspecified atom stereocenters. The minimum Gasteiger partial charge on any atom is -0.491 e. The van der Waals surface area contributed by atoms with Crippen molar-refractivity contribution in [1.82, 2.24) is 19.3 Å². The van der Waals surface area contributed by atoms with Crippen molar-refractivity contribution in [3.8, 4) is 16.9 Å². The number of nitrogens with zero attached hydrogens (tertiary/aromatic N) is 2. The zero-order chi connectivity index (χ0) is 30.7. The zero-order valence-corrected chi connectivity index (χ0v) is 25.5. The molecule has 2 aromatic carbocycles. The number of aliphatic hydroxyl groups excluding tert-OH is 1. The van der Waals surface area contributed by atoms with Crippen LogP contribution in [0, 0.1) is 0 Å². The fraction of sp³-hybridized carbons (Fsp3) is 0.414. The summed E-state index contributed by atoms with van der Waals surface area (Å²) in [4.78, 5) is 4.41. The Morgan fingerprint density at radius 3 is 2.53 bits per heavy atom. The number of rotatable bonds is 11. The van der Waals surface area contributed by atoms with Gasteiger partial charge in [-0.15, -0.1) is 0 Å². The van der Waals surface area contributed by atoms with Crippen molar-refractivity contribution in [3.05, 3.63) is 66.9 Å². The number of aromatic nitrogens is 1. The van der Waals surface area contributed by atoms with Gasteiger partial charge in [0, 0.05) is 43.5 Å². The molecule has 1 spiro atoms. The van der Waals surface area contributed by atoms with Crippen LogP contribution in [0.2, 0.25) is 0 Å². The molecule has 0 amide bonds. The van der Waals surface area contributed by atoms with Gasteiger partial charge in [-0.2, -0.15) is 4.31 Å². The highest BCUT2D eigenvalue weighted by molar-refractivity contribution is 7.89. The molecule has 2 saturated heterocycles. The fourth-order valence-corrected chi connectivity index (χ4v) is 7.67. The molecule has 3 heterocycles. The monoisotopic (exact) mass is 631 g/mol. The molecular weight excluding hydrogens is 594 g/mol. The number of benzene rings is 2. The van der Waals surface area contributed by atoms with Crippen molar-refractivity contribution in [1.29, 1.82) is 0 Å². The summed E-state index contributed by atoms with van der Waals surface area (Å²) in [5.41, 5.74) is 6.80. The number of ether oxygens (including phenoxy) is 2. The molecule has 1 aromatic heterocycles. The summed E-state index contributed by atoms with van der Waals surface area (Å²) in [6.07, 6.45) is 2.65. The Bertz CT molecular complexity index is 1630. The van der Waals surface area contributed by atoms with Gasteiger partial charge in [0.2, 0.25) is 20.0 Å². The van der Waals surface area contributed by atoms with Gasteiger partial charge in [0.05, 0.1) is 22.0 Å². The van der Waals surface area contributed by atoms with Crippen LogP contribution >= 0.6 is 0 Å². The number of nitrogen functional groups attached to an aromatic ring is 1. The van der Waals surface area contributed by atoms with E-state index in [-0.39, 0.29) is 29.0 Å². The quantitative estimate of drug-likeness (QED) is 0.243. The van der Waals surface area contributed by atoms with Gasteiger partial charge in [0.1, 0.15) is 24.3 Å². The fourth-order valence-electron chi connectivity index (χ4n) is 5.42. The van der Waals surface area contributed by atoms with Gasteiger partial charge in [0.25, 0.3) is 0 Å². The van der Waals surface area contributed by atoms with E-state index in [1.165, 1.54) is 23.5 Å². The number of sulfonamides is 2. The van der Waals surface area contributed by atoms with E-state index in [4.69, 9.17) is 15.2 Å². The number of hydrogen-bond acceptors (Lipinski definition) is 10. The Morgan fingerprint density at radius 2 is 1.81 bits per heavy atom. The topological polar surface area (TPSA) is 173 Å². The van der Waals surface area contributed by atoms with Gasteiger partial charge in [-0.05, 0) is 68.3 Å². The van der Waals surface area contributed by atoms with Crippen LogP contribution in [0.5, 0.6) is 5.75 Å². The maximum absolute atomic E-state index is 13.5. The van der Waals surface area contributed by atoms with Crippen LogP contribution in [0.15, 0.2) is 76.7 Å². The van der Waals surface area contributed by atoms with Crippen molar-refractivity contribution < 1.29 is 31.4 Å². The van der Waals surface area contributed by atoms with E-state index in [2.05, 4.69) is 15.0 Å². The van der Waals surface area contributed by atoms with E-state index in [1.807, 2.05) is 12.1 Å². The maximum Gasteiger partial charge on any atom is 0.243 e. The number of anilines is 1. The predicted molar refractivity (Wildman–Crippen MR) is 161 cm³/mol. The Morgan fingerprint density at radius 1 is 1.07 bits per heavy atom. The molecule has 3 aromatic rings. The number of nitrogens with one attached hydrogen (secondary N) is 2. The lowest BCUT2D eigenvalue weighted by molar-refractivity contribution is -0.0312. The summed E-state index contributed by atoms with van der Waals surface area (Å²) in [5.74, 6) is 0.740. The Kier molecular flexibility index (Phi) is 9.37. The molecule has 2 aliphatic rings. The first-order chi connectivity index (χ1) is 20.5. The summed E-state index contributed by atoms with van der Waals surface area (Å²) < 4.78 is 66.5. The van der Waals surface area contributed by atoms with E-state index in [0.717, 1.165) is 11.1 Å². The van der Waals surface area contributed by atoms with Crippen LogP contribution in [0.25, 0.3) is 11.1 Å². The zero-order valence-electron chi connectivity index (χ0n) is 23.8. The highest BCUT2D eigenvalue weighted by Gasteiger charge is 2.44.